The van der Waals surface area contributed by atoms with Gasteiger partial charge < -0.3 is 5.32 Å². The number of rotatable bonds is 2. The van der Waals surface area contributed by atoms with Crippen molar-refractivity contribution >= 4 is 11.6 Å². The summed E-state index contributed by atoms with van der Waals surface area (Å²) >= 11 is 0. The second kappa shape index (κ2) is 5.04. The molecule has 0 amide bonds. The molecule has 0 saturated heterocycles. The molecule has 4 N–H and O–H groups in total. The van der Waals surface area contributed by atoms with Crippen LogP contribution in [0.2, 0.25) is 0 Å². The summed E-state index contributed by atoms with van der Waals surface area (Å²) in [6.07, 6.45) is -2.90. The van der Waals surface area contributed by atoms with Crippen LogP contribution in [0.4, 0.5) is 23.2 Å². The number of aliphatic imine (C=N–C) groups is 1. The predicted octanol–water partition coefficient (Wildman–Crippen LogP) is 2.24. The first-order valence-corrected chi connectivity index (χ1v) is 5.58. The molecule has 0 atom stereocenters. The van der Waals surface area contributed by atoms with Crippen molar-refractivity contribution in [3.05, 3.63) is 29.6 Å². The standard InChI is InChI=1S/C11H12F4N4/c12-9-4-3-7(5-8(9)11(13,14)15)18-10(19-16)17-6-1-2-6/h3-6H,1-2,16H2,(H2,17,18,19). The van der Waals surface area contributed by atoms with Gasteiger partial charge in [-0.15, -0.1) is 0 Å². The maximum Gasteiger partial charge on any atom is 0.419 e. The Bertz CT molecular complexity index is 494. The highest BCUT2D eigenvalue weighted by Gasteiger charge is 2.34. The molecule has 4 nitrogen and oxygen atoms in total. The van der Waals surface area contributed by atoms with Gasteiger partial charge in [0, 0.05) is 5.69 Å². The number of anilines is 1. The van der Waals surface area contributed by atoms with Crippen LogP contribution < -0.4 is 16.6 Å². The van der Waals surface area contributed by atoms with Gasteiger partial charge in [0.1, 0.15) is 5.82 Å². The van der Waals surface area contributed by atoms with Crippen molar-refractivity contribution in [2.24, 2.45) is 10.8 Å². The minimum absolute atomic E-state index is 0.0612. The molecule has 1 fully saturated rings. The van der Waals surface area contributed by atoms with Crippen molar-refractivity contribution in [1.29, 1.82) is 0 Å². The lowest BCUT2D eigenvalue weighted by Gasteiger charge is -2.12. The van der Waals surface area contributed by atoms with Crippen molar-refractivity contribution < 1.29 is 17.6 Å². The van der Waals surface area contributed by atoms with Gasteiger partial charge in [-0.25, -0.2) is 15.2 Å². The zero-order valence-corrected chi connectivity index (χ0v) is 9.76. The molecular formula is C11H12F4N4. The zero-order chi connectivity index (χ0) is 14.0. The van der Waals surface area contributed by atoms with Crippen LogP contribution in [0, 0.1) is 5.82 Å². The fourth-order valence-corrected chi connectivity index (χ4v) is 1.45. The van der Waals surface area contributed by atoms with E-state index in [9.17, 15) is 17.6 Å². The van der Waals surface area contributed by atoms with E-state index in [0.29, 0.717) is 6.07 Å². The van der Waals surface area contributed by atoms with Crippen LogP contribution in [0.15, 0.2) is 23.2 Å². The summed E-state index contributed by atoms with van der Waals surface area (Å²) in [5, 5.41) is 2.59. The molecule has 0 heterocycles. The van der Waals surface area contributed by atoms with Crippen LogP contribution in [0.1, 0.15) is 18.4 Å². The minimum atomic E-state index is -4.74. The van der Waals surface area contributed by atoms with Crippen molar-refractivity contribution in [2.75, 3.05) is 5.32 Å². The maximum atomic E-state index is 13.1. The molecule has 1 aliphatic rings. The summed E-state index contributed by atoms with van der Waals surface area (Å²) in [5.41, 5.74) is 0.987. The van der Waals surface area contributed by atoms with Gasteiger partial charge >= 0.3 is 6.18 Å². The molecule has 0 aliphatic heterocycles. The Labute approximate surface area is 106 Å². The van der Waals surface area contributed by atoms with Crippen LogP contribution in [0.5, 0.6) is 0 Å². The third kappa shape index (κ3) is 3.57. The number of hydrogen-bond donors (Lipinski definition) is 3. The Morgan fingerprint density at radius 3 is 2.53 bits per heavy atom. The summed E-state index contributed by atoms with van der Waals surface area (Å²) in [7, 11) is 0. The van der Waals surface area contributed by atoms with E-state index in [4.69, 9.17) is 5.84 Å². The lowest BCUT2D eigenvalue weighted by molar-refractivity contribution is -0.139. The van der Waals surface area contributed by atoms with Gasteiger partial charge in [-0.2, -0.15) is 13.2 Å². The molecule has 1 aromatic rings. The second-order valence-corrected chi connectivity index (χ2v) is 4.17. The largest absolute Gasteiger partial charge is 0.419 e. The van der Waals surface area contributed by atoms with Crippen LogP contribution in [0.25, 0.3) is 0 Å². The fourth-order valence-electron chi connectivity index (χ4n) is 1.45. The van der Waals surface area contributed by atoms with E-state index in [1.54, 1.807) is 0 Å². The number of nitrogens with zero attached hydrogens (tertiary/aromatic N) is 1. The molecule has 0 spiro atoms. The average Bonchev–Trinajstić information content (AvgIpc) is 3.13. The van der Waals surface area contributed by atoms with Gasteiger partial charge in [-0.3, -0.25) is 5.43 Å². The van der Waals surface area contributed by atoms with E-state index >= 15 is 0 Å². The quantitative estimate of drug-likeness (QED) is 0.255. The number of benzene rings is 1. The first-order valence-electron chi connectivity index (χ1n) is 5.58. The molecule has 0 unspecified atom stereocenters. The van der Waals surface area contributed by atoms with E-state index in [1.165, 1.54) is 6.07 Å². The SMILES string of the molecule is NNC(=NC1CC1)Nc1ccc(F)c(C(F)(F)F)c1. The van der Waals surface area contributed by atoms with Crippen LogP contribution in [0.3, 0.4) is 0 Å². The van der Waals surface area contributed by atoms with Gasteiger partial charge in [0.05, 0.1) is 11.6 Å². The smallest absolute Gasteiger partial charge is 0.325 e. The number of guanidine groups is 1. The molecule has 0 bridgehead atoms. The summed E-state index contributed by atoms with van der Waals surface area (Å²) in [5.74, 6) is 4.05. The number of nitrogens with one attached hydrogen (secondary N) is 2. The zero-order valence-electron chi connectivity index (χ0n) is 9.76. The third-order valence-electron chi connectivity index (χ3n) is 2.53. The Morgan fingerprint density at radius 2 is 2.00 bits per heavy atom. The van der Waals surface area contributed by atoms with Crippen molar-refractivity contribution in [3.63, 3.8) is 0 Å². The van der Waals surface area contributed by atoms with E-state index in [0.717, 1.165) is 18.9 Å². The maximum absolute atomic E-state index is 13.1. The van der Waals surface area contributed by atoms with E-state index in [1.807, 2.05) is 0 Å². The molecule has 1 aliphatic carbocycles. The fraction of sp³-hybridized carbons (Fsp3) is 0.364. The van der Waals surface area contributed by atoms with Crippen LogP contribution in [-0.2, 0) is 6.18 Å². The molecule has 1 aromatic carbocycles. The third-order valence-corrected chi connectivity index (χ3v) is 2.53. The highest BCUT2D eigenvalue weighted by molar-refractivity contribution is 5.93. The molecule has 104 valence electrons. The van der Waals surface area contributed by atoms with Crippen molar-refractivity contribution in [3.8, 4) is 0 Å². The number of halogens is 4. The Balaban J connectivity index is 2.20. The Morgan fingerprint density at radius 1 is 1.32 bits per heavy atom. The summed E-state index contributed by atoms with van der Waals surface area (Å²) in [6, 6.07) is 2.75. The van der Waals surface area contributed by atoms with Gasteiger partial charge in [0.2, 0.25) is 5.96 Å². The summed E-state index contributed by atoms with van der Waals surface area (Å²) in [4.78, 5) is 4.11. The summed E-state index contributed by atoms with van der Waals surface area (Å²) in [6.45, 7) is 0. The lowest BCUT2D eigenvalue weighted by Crippen LogP contribution is -2.36. The first kappa shape index (κ1) is 13.6. The van der Waals surface area contributed by atoms with Crippen LogP contribution in [-0.4, -0.2) is 12.0 Å². The predicted molar refractivity (Wildman–Crippen MR) is 62.8 cm³/mol. The number of nitrogens with two attached hydrogens (primary N) is 1. The van der Waals surface area contributed by atoms with Crippen molar-refractivity contribution in [2.45, 2.75) is 25.1 Å². The molecule has 2 rings (SSSR count). The number of hydrogen-bond acceptors (Lipinski definition) is 2. The molecule has 1 saturated carbocycles. The molecule has 19 heavy (non-hydrogen) atoms. The van der Waals surface area contributed by atoms with E-state index < -0.39 is 17.6 Å². The van der Waals surface area contributed by atoms with Gasteiger partial charge in [0.15, 0.2) is 0 Å². The van der Waals surface area contributed by atoms with E-state index in [2.05, 4.69) is 15.7 Å². The highest BCUT2D eigenvalue weighted by atomic mass is 19.4. The highest BCUT2D eigenvalue weighted by Crippen LogP contribution is 2.33. The monoisotopic (exact) mass is 276 g/mol. The lowest BCUT2D eigenvalue weighted by atomic mass is 10.2. The van der Waals surface area contributed by atoms with Gasteiger partial charge in [0.25, 0.3) is 0 Å². The number of hydrazine groups is 1. The minimum Gasteiger partial charge on any atom is -0.325 e. The number of alkyl halides is 3. The van der Waals surface area contributed by atoms with Gasteiger partial charge in [-0.1, -0.05) is 0 Å². The average molecular weight is 276 g/mol. The molecule has 0 radical (unpaired) electrons. The second-order valence-electron chi connectivity index (χ2n) is 4.17. The first-order chi connectivity index (χ1) is 8.90. The Hall–Kier alpha value is -1.83. The van der Waals surface area contributed by atoms with Crippen molar-refractivity contribution in [1.82, 2.24) is 5.43 Å². The topological polar surface area (TPSA) is 62.4 Å². The molecular weight excluding hydrogens is 264 g/mol. The van der Waals surface area contributed by atoms with Gasteiger partial charge in [-0.05, 0) is 31.0 Å². The normalized spacial score (nSPS) is 16.4. The van der Waals surface area contributed by atoms with E-state index in [-0.39, 0.29) is 17.7 Å². The summed E-state index contributed by atoms with van der Waals surface area (Å²) < 4.78 is 50.7. The van der Waals surface area contributed by atoms with Crippen LogP contribution >= 0.6 is 0 Å². The molecule has 8 heteroatoms. The molecule has 0 aromatic heterocycles. The Kier molecular flexibility index (Phi) is 3.61.